The van der Waals surface area contributed by atoms with Crippen LogP contribution in [-0.2, 0) is 9.53 Å². The van der Waals surface area contributed by atoms with Gasteiger partial charge >= 0.3 is 0 Å². The molecule has 1 amide bonds. The molecule has 0 aromatic heterocycles. The van der Waals surface area contributed by atoms with Crippen LogP contribution in [0.4, 0.5) is 5.69 Å². The number of carbonyl (C=O) groups excluding carboxylic acids is 1. The number of aromatic hydroxyl groups is 1. The van der Waals surface area contributed by atoms with Crippen LogP contribution in [0, 0.1) is 0 Å². The third kappa shape index (κ3) is 4.27. The number of carbonyl (C=O) groups is 1. The van der Waals surface area contributed by atoms with E-state index in [2.05, 4.69) is 4.99 Å². The van der Waals surface area contributed by atoms with E-state index < -0.39 is 0 Å². The van der Waals surface area contributed by atoms with Crippen molar-refractivity contribution in [3.05, 3.63) is 64.0 Å². The molecule has 26 heavy (non-hydrogen) atoms. The number of rotatable bonds is 5. The number of benzene rings is 2. The van der Waals surface area contributed by atoms with Crippen molar-refractivity contribution in [2.45, 2.75) is 0 Å². The smallest absolute Gasteiger partial charge is 0.266 e. The van der Waals surface area contributed by atoms with E-state index >= 15 is 0 Å². The summed E-state index contributed by atoms with van der Waals surface area (Å²) in [5.74, 6) is -0.127. The summed E-state index contributed by atoms with van der Waals surface area (Å²) in [4.78, 5) is 19.5. The summed E-state index contributed by atoms with van der Waals surface area (Å²) in [6.45, 7) is 0.833. The second kappa shape index (κ2) is 8.40. The Morgan fingerprint density at radius 3 is 2.73 bits per heavy atom. The van der Waals surface area contributed by atoms with Gasteiger partial charge in [0.15, 0.2) is 5.17 Å². The monoisotopic (exact) mass is 388 g/mol. The van der Waals surface area contributed by atoms with Gasteiger partial charge in [-0.25, -0.2) is 4.99 Å². The molecule has 0 radical (unpaired) electrons. The minimum absolute atomic E-state index is 0.00673. The molecule has 1 aliphatic heterocycles. The molecule has 0 saturated carbocycles. The van der Waals surface area contributed by atoms with Crippen molar-refractivity contribution in [1.29, 1.82) is 0 Å². The molecule has 1 saturated heterocycles. The quantitative estimate of drug-likeness (QED) is 0.776. The third-order valence-electron chi connectivity index (χ3n) is 3.66. The number of methoxy groups -OCH3 is 1. The van der Waals surface area contributed by atoms with Crippen LogP contribution < -0.4 is 0 Å². The lowest BCUT2D eigenvalue weighted by Crippen LogP contribution is -2.32. The molecule has 134 valence electrons. The van der Waals surface area contributed by atoms with Crippen LogP contribution in [0.5, 0.6) is 5.75 Å². The van der Waals surface area contributed by atoms with E-state index in [9.17, 15) is 9.90 Å². The first-order valence-electron chi connectivity index (χ1n) is 7.91. The number of phenolic OH excluding ortho intramolecular Hbond substituents is 1. The Balaban J connectivity index is 1.93. The standard InChI is InChI=1S/C19H17ClN2O3S/c1-25-10-9-22-18(24)17(12-13-7-8-16(23)15(20)11-13)26-19(22)21-14-5-3-2-4-6-14/h2-8,11-12,23H,9-10H2,1H3. The summed E-state index contributed by atoms with van der Waals surface area (Å²) in [6, 6.07) is 14.3. The number of thioether (sulfide) groups is 1. The number of hydrogen-bond acceptors (Lipinski definition) is 5. The molecule has 1 N–H and O–H groups in total. The van der Waals surface area contributed by atoms with Crippen molar-refractivity contribution >= 4 is 46.2 Å². The van der Waals surface area contributed by atoms with Gasteiger partial charge in [-0.05, 0) is 47.7 Å². The normalized spacial score (nSPS) is 17.5. The minimum atomic E-state index is -0.133. The van der Waals surface area contributed by atoms with Crippen LogP contribution in [0.3, 0.4) is 0 Å². The van der Waals surface area contributed by atoms with Crippen molar-refractivity contribution in [1.82, 2.24) is 4.90 Å². The Hall–Kier alpha value is -2.28. The Kier molecular flexibility index (Phi) is 5.98. The van der Waals surface area contributed by atoms with E-state index in [-0.39, 0.29) is 16.7 Å². The maximum absolute atomic E-state index is 12.8. The maximum Gasteiger partial charge on any atom is 0.266 e. The van der Waals surface area contributed by atoms with Crippen molar-refractivity contribution in [2.24, 2.45) is 4.99 Å². The zero-order valence-electron chi connectivity index (χ0n) is 14.1. The van der Waals surface area contributed by atoms with Gasteiger partial charge in [0.25, 0.3) is 5.91 Å². The largest absolute Gasteiger partial charge is 0.506 e. The zero-order valence-corrected chi connectivity index (χ0v) is 15.6. The lowest BCUT2D eigenvalue weighted by atomic mass is 10.2. The highest BCUT2D eigenvalue weighted by Gasteiger charge is 2.33. The lowest BCUT2D eigenvalue weighted by molar-refractivity contribution is -0.122. The SMILES string of the molecule is COCCN1C(=O)C(=Cc2ccc(O)c(Cl)c2)SC1=Nc1ccccc1. The second-order valence-corrected chi connectivity index (χ2v) is 6.92. The molecule has 2 aromatic carbocycles. The Labute approximate surface area is 160 Å². The molecular formula is C19H17ClN2O3S. The van der Waals surface area contributed by atoms with E-state index in [0.717, 1.165) is 11.3 Å². The minimum Gasteiger partial charge on any atom is -0.506 e. The summed E-state index contributed by atoms with van der Waals surface area (Å²) < 4.78 is 5.11. The number of hydrogen-bond donors (Lipinski definition) is 1. The first-order valence-corrected chi connectivity index (χ1v) is 9.10. The van der Waals surface area contributed by atoms with Gasteiger partial charge in [-0.15, -0.1) is 0 Å². The molecule has 1 aliphatic rings. The Morgan fingerprint density at radius 2 is 2.04 bits per heavy atom. The molecule has 1 fully saturated rings. The molecule has 0 unspecified atom stereocenters. The molecule has 7 heteroatoms. The number of aliphatic imine (C=N–C) groups is 1. The summed E-state index contributed by atoms with van der Waals surface area (Å²) in [6.07, 6.45) is 1.74. The average molecular weight is 389 g/mol. The van der Waals surface area contributed by atoms with Crippen molar-refractivity contribution in [3.63, 3.8) is 0 Å². The number of nitrogens with zero attached hydrogens (tertiary/aromatic N) is 2. The van der Waals surface area contributed by atoms with E-state index in [1.807, 2.05) is 30.3 Å². The molecule has 0 bridgehead atoms. The predicted molar refractivity (Wildman–Crippen MR) is 106 cm³/mol. The van der Waals surface area contributed by atoms with Crippen LogP contribution in [0.15, 0.2) is 58.4 Å². The first kappa shape index (κ1) is 18.5. The summed E-state index contributed by atoms with van der Waals surface area (Å²) >= 11 is 7.25. The van der Waals surface area contributed by atoms with Gasteiger partial charge < -0.3 is 9.84 Å². The predicted octanol–water partition coefficient (Wildman–Crippen LogP) is 4.30. The fourth-order valence-corrected chi connectivity index (χ4v) is 3.56. The highest BCUT2D eigenvalue weighted by molar-refractivity contribution is 8.18. The molecule has 1 heterocycles. The number of halogens is 1. The molecule has 0 aliphatic carbocycles. The Bertz CT molecular complexity index is 868. The van der Waals surface area contributed by atoms with E-state index in [4.69, 9.17) is 16.3 Å². The summed E-state index contributed by atoms with van der Waals surface area (Å²) in [7, 11) is 1.59. The lowest BCUT2D eigenvalue weighted by Gasteiger charge is -2.14. The fraction of sp³-hybridized carbons (Fsp3) is 0.158. The van der Waals surface area contributed by atoms with Crippen molar-refractivity contribution in [3.8, 4) is 5.75 Å². The van der Waals surface area contributed by atoms with Gasteiger partial charge in [0.1, 0.15) is 5.75 Å². The number of amidine groups is 1. The average Bonchev–Trinajstić information content (AvgIpc) is 2.92. The van der Waals surface area contributed by atoms with Gasteiger partial charge in [-0.2, -0.15) is 0 Å². The number of para-hydroxylation sites is 1. The summed E-state index contributed by atoms with van der Waals surface area (Å²) in [5, 5.41) is 10.4. The van der Waals surface area contributed by atoms with Crippen molar-refractivity contribution in [2.75, 3.05) is 20.3 Å². The van der Waals surface area contributed by atoms with Crippen LogP contribution in [0.2, 0.25) is 5.02 Å². The van der Waals surface area contributed by atoms with Gasteiger partial charge in [-0.1, -0.05) is 35.9 Å². The van der Waals surface area contributed by atoms with Crippen LogP contribution >= 0.6 is 23.4 Å². The van der Waals surface area contributed by atoms with E-state index in [0.29, 0.717) is 23.2 Å². The van der Waals surface area contributed by atoms with Gasteiger partial charge in [-0.3, -0.25) is 9.69 Å². The maximum atomic E-state index is 12.8. The van der Waals surface area contributed by atoms with Crippen molar-refractivity contribution < 1.29 is 14.6 Å². The molecule has 5 nitrogen and oxygen atoms in total. The molecule has 2 aromatic rings. The fourth-order valence-electron chi connectivity index (χ4n) is 2.35. The van der Waals surface area contributed by atoms with Gasteiger partial charge in [0, 0.05) is 7.11 Å². The van der Waals surface area contributed by atoms with Crippen LogP contribution in [0.25, 0.3) is 6.08 Å². The molecular weight excluding hydrogens is 372 g/mol. The second-order valence-electron chi connectivity index (χ2n) is 5.50. The highest BCUT2D eigenvalue weighted by Crippen LogP contribution is 2.35. The number of phenols is 1. The molecule has 0 spiro atoms. The van der Waals surface area contributed by atoms with E-state index in [1.165, 1.54) is 17.8 Å². The topological polar surface area (TPSA) is 62.1 Å². The van der Waals surface area contributed by atoms with E-state index in [1.54, 1.807) is 30.2 Å². The van der Waals surface area contributed by atoms with Crippen LogP contribution in [-0.4, -0.2) is 41.3 Å². The number of amides is 1. The summed E-state index contributed by atoms with van der Waals surface area (Å²) in [5.41, 5.74) is 1.51. The molecule has 0 atom stereocenters. The number of ether oxygens (including phenoxy) is 1. The highest BCUT2D eigenvalue weighted by atomic mass is 35.5. The molecule has 3 rings (SSSR count). The van der Waals surface area contributed by atoms with Gasteiger partial charge in [0.05, 0.1) is 28.8 Å². The Morgan fingerprint density at radius 1 is 1.27 bits per heavy atom. The van der Waals surface area contributed by atoms with Gasteiger partial charge in [0.2, 0.25) is 0 Å². The van der Waals surface area contributed by atoms with Crippen LogP contribution in [0.1, 0.15) is 5.56 Å². The first-order chi connectivity index (χ1) is 12.6. The third-order valence-corrected chi connectivity index (χ3v) is 4.97. The zero-order chi connectivity index (χ0) is 18.5.